The Labute approximate surface area is 141 Å². The molecule has 0 aromatic carbocycles. The summed E-state index contributed by atoms with van der Waals surface area (Å²) < 4.78 is 66.0. The van der Waals surface area contributed by atoms with Gasteiger partial charge in [0, 0.05) is 0 Å². The molecule has 0 aromatic rings. The lowest BCUT2D eigenvalue weighted by Crippen LogP contribution is -2.38. The zero-order chi connectivity index (χ0) is 19.4. The molecule has 6 atom stereocenters. The van der Waals surface area contributed by atoms with Gasteiger partial charge in [-0.3, -0.25) is 18.2 Å². The maximum Gasteiger partial charge on any atom is 0.470 e. The fourth-order valence-corrected chi connectivity index (χ4v) is 3.68. The first-order valence-electron chi connectivity index (χ1n) is 6.13. The zero-order valence-electron chi connectivity index (χ0n) is 12.0. The quantitative estimate of drug-likeness (QED) is 0.207. The van der Waals surface area contributed by atoms with Gasteiger partial charge in [0.2, 0.25) is 0 Å². The third-order valence-electron chi connectivity index (χ3n) is 2.68. The van der Waals surface area contributed by atoms with Crippen LogP contribution in [0.1, 0.15) is 0 Å². The summed E-state index contributed by atoms with van der Waals surface area (Å²) in [6.45, 7) is -1.65. The summed E-state index contributed by atoms with van der Waals surface area (Å²) in [6.07, 6.45) is -6.47. The van der Waals surface area contributed by atoms with Gasteiger partial charge in [-0.25, -0.2) is 9.13 Å². The highest BCUT2D eigenvalue weighted by molar-refractivity contribution is 7.46. The van der Waals surface area contributed by atoms with Crippen LogP contribution in [-0.4, -0.2) is 67.0 Å². The molecular weight excluding hydrogens is 436 g/mol. The predicted octanol–water partition coefficient (Wildman–Crippen LogP) is -1.49. The van der Waals surface area contributed by atoms with Gasteiger partial charge in [-0.1, -0.05) is 0 Å². The molecule has 0 amide bonds. The van der Waals surface area contributed by atoms with Gasteiger partial charge < -0.3 is 43.1 Å². The van der Waals surface area contributed by atoms with E-state index in [1.165, 1.54) is 0 Å². The standard InChI is InChI=1S/C6H16O15P4/c7-22(8)17-1-3-5(20-23(9)10)6(21-25(14,15)16)4(19-3)2-18-24(11,12)13/h3-6,22-23H,1-2H2,(H,7,8)(H,9,10)(H2,11,12,13)(H2,14,15,16)/t3-,4-,5-,6-/m1/s1. The van der Waals surface area contributed by atoms with Gasteiger partial charge >= 0.3 is 32.2 Å². The minimum Gasteiger partial charge on any atom is -0.364 e. The summed E-state index contributed by atoms with van der Waals surface area (Å²) in [5.74, 6) is 0. The lowest BCUT2D eigenvalue weighted by molar-refractivity contribution is -0.0337. The molecule has 0 aromatic heterocycles. The molecule has 0 spiro atoms. The second kappa shape index (κ2) is 9.61. The van der Waals surface area contributed by atoms with Crippen LogP contribution in [0.4, 0.5) is 0 Å². The number of hydrogen-bond donors (Lipinski definition) is 6. The van der Waals surface area contributed by atoms with Crippen molar-refractivity contribution in [2.24, 2.45) is 0 Å². The number of rotatable bonds is 10. The van der Waals surface area contributed by atoms with Crippen LogP contribution in [0.25, 0.3) is 0 Å². The predicted molar refractivity (Wildman–Crippen MR) is 76.8 cm³/mol. The molecular formula is C6H16O15P4. The summed E-state index contributed by atoms with van der Waals surface area (Å²) in [6, 6.07) is 0. The van der Waals surface area contributed by atoms with E-state index in [4.69, 9.17) is 34.1 Å². The SMILES string of the molecule is O=[PH](O)OC[C@H]1O[C@H](COP(=O)(O)O)[C@@H](OP(=O)(O)O)[C@@H]1O[PH](=O)O. The Balaban J connectivity index is 3.02. The summed E-state index contributed by atoms with van der Waals surface area (Å²) in [5.41, 5.74) is 0. The molecule has 19 heteroatoms. The van der Waals surface area contributed by atoms with Crippen molar-refractivity contribution in [1.29, 1.82) is 0 Å². The molecule has 1 aliphatic heterocycles. The van der Waals surface area contributed by atoms with E-state index >= 15 is 0 Å². The average Bonchev–Trinajstić information content (AvgIpc) is 2.69. The Morgan fingerprint density at radius 2 is 1.44 bits per heavy atom. The molecule has 0 aliphatic carbocycles. The second-order valence-corrected chi connectivity index (χ2v) is 8.50. The van der Waals surface area contributed by atoms with Crippen molar-refractivity contribution in [3.05, 3.63) is 0 Å². The van der Waals surface area contributed by atoms with Gasteiger partial charge in [-0.2, -0.15) is 0 Å². The van der Waals surface area contributed by atoms with Crippen LogP contribution in [0.3, 0.4) is 0 Å². The number of phosphoric ester groups is 2. The lowest BCUT2D eigenvalue weighted by Gasteiger charge is -2.23. The van der Waals surface area contributed by atoms with Gasteiger partial charge in [-0.15, -0.1) is 0 Å². The summed E-state index contributed by atoms with van der Waals surface area (Å²) in [4.78, 5) is 52.7. The Kier molecular flexibility index (Phi) is 9.04. The van der Waals surface area contributed by atoms with E-state index in [2.05, 4.69) is 18.1 Å². The van der Waals surface area contributed by atoms with Crippen LogP contribution in [0.15, 0.2) is 0 Å². The smallest absolute Gasteiger partial charge is 0.364 e. The van der Waals surface area contributed by atoms with Gasteiger partial charge in [-0.05, 0) is 0 Å². The minimum atomic E-state index is -5.19. The van der Waals surface area contributed by atoms with Crippen LogP contribution in [0, 0.1) is 0 Å². The van der Waals surface area contributed by atoms with Gasteiger partial charge in [0.25, 0.3) is 0 Å². The fourth-order valence-electron chi connectivity index (χ4n) is 1.94. The second-order valence-electron chi connectivity index (χ2n) is 4.49. The molecule has 1 heterocycles. The van der Waals surface area contributed by atoms with E-state index in [-0.39, 0.29) is 0 Å². The molecule has 1 saturated heterocycles. The maximum absolute atomic E-state index is 11.1. The van der Waals surface area contributed by atoms with Gasteiger partial charge in [0.05, 0.1) is 13.2 Å². The Bertz CT molecular complexity index is 581. The van der Waals surface area contributed by atoms with E-state index in [0.717, 1.165) is 0 Å². The average molecular weight is 452 g/mol. The maximum atomic E-state index is 11.1. The van der Waals surface area contributed by atoms with E-state index in [1.807, 2.05) is 0 Å². The van der Waals surface area contributed by atoms with Crippen LogP contribution in [0.2, 0.25) is 0 Å². The first-order valence-corrected chi connectivity index (χ1v) is 11.7. The molecule has 1 fully saturated rings. The van der Waals surface area contributed by atoms with Crippen LogP contribution < -0.4 is 0 Å². The molecule has 1 rings (SSSR count). The summed E-state index contributed by atoms with van der Waals surface area (Å²) >= 11 is 0. The van der Waals surface area contributed by atoms with E-state index in [1.54, 1.807) is 0 Å². The largest absolute Gasteiger partial charge is 0.470 e. The van der Waals surface area contributed by atoms with Crippen molar-refractivity contribution >= 4 is 32.2 Å². The van der Waals surface area contributed by atoms with Crippen molar-refractivity contribution < 1.29 is 70.5 Å². The van der Waals surface area contributed by atoms with Crippen molar-refractivity contribution in [3.8, 4) is 0 Å². The number of phosphoric acid groups is 2. The van der Waals surface area contributed by atoms with Gasteiger partial charge in [0.1, 0.15) is 24.4 Å². The summed E-state index contributed by atoms with van der Waals surface area (Å²) in [7, 11) is -17.3. The topological polar surface area (TPSA) is 236 Å². The molecule has 15 nitrogen and oxygen atoms in total. The normalized spacial score (nSPS) is 30.3. The van der Waals surface area contributed by atoms with Crippen LogP contribution >= 0.6 is 32.2 Å². The zero-order valence-corrected chi connectivity index (χ0v) is 15.8. The van der Waals surface area contributed by atoms with Gasteiger partial charge in [0.15, 0.2) is 0 Å². The molecule has 0 saturated carbocycles. The number of hydrogen-bond acceptors (Lipinski definition) is 9. The van der Waals surface area contributed by atoms with E-state index in [0.29, 0.717) is 0 Å². The Hall–Kier alpha value is 0.480. The monoisotopic (exact) mass is 452 g/mol. The Morgan fingerprint density at radius 1 is 0.880 bits per heavy atom. The van der Waals surface area contributed by atoms with Crippen molar-refractivity contribution in [2.75, 3.05) is 13.2 Å². The van der Waals surface area contributed by atoms with Crippen molar-refractivity contribution in [3.63, 3.8) is 0 Å². The third-order valence-corrected chi connectivity index (χ3v) is 4.57. The molecule has 1 aliphatic rings. The molecule has 2 unspecified atom stereocenters. The highest BCUT2D eigenvalue weighted by Gasteiger charge is 2.50. The minimum absolute atomic E-state index is 0.707. The van der Waals surface area contributed by atoms with Crippen LogP contribution in [0.5, 0.6) is 0 Å². The summed E-state index contributed by atoms with van der Waals surface area (Å²) in [5, 5.41) is 0. The van der Waals surface area contributed by atoms with Crippen molar-refractivity contribution in [1.82, 2.24) is 0 Å². The number of ether oxygens (including phenoxy) is 1. The third kappa shape index (κ3) is 9.30. The highest BCUT2D eigenvalue weighted by Crippen LogP contribution is 2.45. The molecule has 6 N–H and O–H groups in total. The molecule has 25 heavy (non-hydrogen) atoms. The van der Waals surface area contributed by atoms with Crippen LogP contribution in [-0.2, 0) is 41.1 Å². The first-order chi connectivity index (χ1) is 11.3. The van der Waals surface area contributed by atoms with E-state index in [9.17, 15) is 18.3 Å². The Morgan fingerprint density at radius 3 is 1.88 bits per heavy atom. The fraction of sp³-hybridized carbons (Fsp3) is 1.00. The molecule has 150 valence electrons. The van der Waals surface area contributed by atoms with E-state index < -0.39 is 69.8 Å². The molecule has 0 bridgehead atoms. The van der Waals surface area contributed by atoms with Crippen molar-refractivity contribution in [2.45, 2.75) is 24.4 Å². The highest BCUT2D eigenvalue weighted by atomic mass is 31.2. The molecule has 0 radical (unpaired) electrons. The lowest BCUT2D eigenvalue weighted by atomic mass is 10.1. The first kappa shape index (κ1) is 23.5.